The van der Waals surface area contributed by atoms with Crippen molar-refractivity contribution < 1.29 is 14.3 Å². The molecule has 8 heteroatoms. The van der Waals surface area contributed by atoms with Crippen molar-refractivity contribution in [3.05, 3.63) is 70.5 Å². The minimum atomic E-state index is -0.290. The van der Waals surface area contributed by atoms with Gasteiger partial charge in [-0.05, 0) is 68.7 Å². The molecule has 2 N–H and O–H groups in total. The van der Waals surface area contributed by atoms with Gasteiger partial charge in [0.1, 0.15) is 0 Å². The van der Waals surface area contributed by atoms with E-state index in [1.54, 1.807) is 18.2 Å². The van der Waals surface area contributed by atoms with Crippen molar-refractivity contribution in [3.63, 3.8) is 0 Å². The number of guanidine groups is 1. The summed E-state index contributed by atoms with van der Waals surface area (Å²) in [5, 5.41) is 10.7. The lowest BCUT2D eigenvalue weighted by Gasteiger charge is -2.13. The Morgan fingerprint density at radius 2 is 1.85 bits per heavy atom. The van der Waals surface area contributed by atoms with Gasteiger partial charge < -0.3 is 14.8 Å². The number of aryl methyl sites for hydroxylation is 4. The van der Waals surface area contributed by atoms with E-state index in [1.165, 1.54) is 0 Å². The Balaban J connectivity index is 1.57. The monoisotopic (exact) mass is 447 g/mol. The average molecular weight is 448 g/mol. The fourth-order valence-electron chi connectivity index (χ4n) is 3.73. The molecule has 0 aliphatic carbocycles. The van der Waals surface area contributed by atoms with E-state index in [2.05, 4.69) is 33.7 Å². The Kier molecular flexibility index (Phi) is 6.63. The molecule has 0 unspecified atom stereocenters. The van der Waals surface area contributed by atoms with Crippen LogP contribution in [0.1, 0.15) is 46.1 Å². The molecule has 1 amide bonds. The number of hydrogen-bond donors (Lipinski definition) is 2. The van der Waals surface area contributed by atoms with Crippen LogP contribution in [-0.2, 0) is 13.1 Å². The lowest BCUT2D eigenvalue weighted by Crippen LogP contribution is -2.36. The van der Waals surface area contributed by atoms with Gasteiger partial charge in [-0.15, -0.1) is 0 Å². The van der Waals surface area contributed by atoms with E-state index in [9.17, 15) is 4.79 Å². The second-order valence-electron chi connectivity index (χ2n) is 8.19. The van der Waals surface area contributed by atoms with Gasteiger partial charge in [0.25, 0.3) is 5.91 Å². The highest BCUT2D eigenvalue weighted by Crippen LogP contribution is 2.32. The summed E-state index contributed by atoms with van der Waals surface area (Å²) in [6.45, 7) is 9.57. The second kappa shape index (κ2) is 9.77. The molecule has 1 aliphatic heterocycles. The first-order valence-corrected chi connectivity index (χ1v) is 11.0. The minimum absolute atomic E-state index is 0.159. The van der Waals surface area contributed by atoms with E-state index < -0.39 is 0 Å². The number of carbonyl (C=O) groups is 1. The van der Waals surface area contributed by atoms with Gasteiger partial charge in [0.15, 0.2) is 11.5 Å². The molecule has 33 heavy (non-hydrogen) atoms. The largest absolute Gasteiger partial charge is 0.454 e. The SMILES string of the molecule is CCCn1cc(CN=C(NC(=O)c2ccc3c(c2)OCO3)Nc2cc(C)cc(C)c2)c(C)n1. The Labute approximate surface area is 193 Å². The normalized spacial score (nSPS) is 12.7. The van der Waals surface area contributed by atoms with Crippen LogP contribution in [0.15, 0.2) is 47.6 Å². The van der Waals surface area contributed by atoms with Gasteiger partial charge in [0.2, 0.25) is 12.8 Å². The van der Waals surface area contributed by atoms with E-state index >= 15 is 0 Å². The third-order valence-electron chi connectivity index (χ3n) is 5.26. The van der Waals surface area contributed by atoms with Crippen LogP contribution in [-0.4, -0.2) is 28.4 Å². The Bertz CT molecular complexity index is 1180. The van der Waals surface area contributed by atoms with Crippen molar-refractivity contribution in [1.82, 2.24) is 15.1 Å². The van der Waals surface area contributed by atoms with Gasteiger partial charge in [-0.25, -0.2) is 4.99 Å². The minimum Gasteiger partial charge on any atom is -0.454 e. The molecule has 0 atom stereocenters. The van der Waals surface area contributed by atoms with Crippen molar-refractivity contribution >= 4 is 17.6 Å². The molecule has 0 bridgehead atoms. The molecule has 0 radical (unpaired) electrons. The van der Waals surface area contributed by atoms with Crippen LogP contribution >= 0.6 is 0 Å². The number of carbonyl (C=O) groups excluding carboxylic acids is 1. The first-order chi connectivity index (χ1) is 15.9. The maximum atomic E-state index is 13.0. The van der Waals surface area contributed by atoms with Gasteiger partial charge in [-0.2, -0.15) is 5.10 Å². The van der Waals surface area contributed by atoms with Crippen LogP contribution < -0.4 is 20.1 Å². The number of aromatic nitrogens is 2. The molecule has 8 nitrogen and oxygen atoms in total. The Hall–Kier alpha value is -3.81. The van der Waals surface area contributed by atoms with Crippen molar-refractivity contribution in [1.29, 1.82) is 0 Å². The third kappa shape index (κ3) is 5.52. The van der Waals surface area contributed by atoms with E-state index in [4.69, 9.17) is 9.47 Å². The van der Waals surface area contributed by atoms with Gasteiger partial charge in [-0.3, -0.25) is 14.8 Å². The van der Waals surface area contributed by atoms with Crippen LogP contribution in [0.4, 0.5) is 5.69 Å². The number of aliphatic imine (C=N–C) groups is 1. The van der Waals surface area contributed by atoms with Gasteiger partial charge in [0.05, 0.1) is 12.2 Å². The molecule has 0 saturated heterocycles. The first-order valence-electron chi connectivity index (χ1n) is 11.0. The lowest BCUT2D eigenvalue weighted by molar-refractivity contribution is 0.0976. The van der Waals surface area contributed by atoms with Gasteiger partial charge in [-0.1, -0.05) is 13.0 Å². The fourth-order valence-corrected chi connectivity index (χ4v) is 3.73. The molecule has 0 fully saturated rings. The zero-order valence-electron chi connectivity index (χ0n) is 19.4. The Morgan fingerprint density at radius 3 is 2.61 bits per heavy atom. The van der Waals surface area contributed by atoms with Crippen molar-refractivity contribution in [2.45, 2.75) is 47.2 Å². The number of hydrogen-bond acceptors (Lipinski definition) is 5. The quantitative estimate of drug-likeness (QED) is 0.433. The highest BCUT2D eigenvalue weighted by molar-refractivity contribution is 6.10. The molecular weight excluding hydrogens is 418 g/mol. The topological polar surface area (TPSA) is 89.8 Å². The standard InChI is InChI=1S/C25H29N5O3/c1-5-8-30-14-20(18(4)29-30)13-26-25(27-21-10-16(2)9-17(3)11-21)28-24(31)19-6-7-22-23(12-19)33-15-32-22/h6-7,9-12,14H,5,8,13,15H2,1-4H3,(H2,26,27,28,31). The molecule has 172 valence electrons. The molecule has 1 aromatic heterocycles. The zero-order chi connectivity index (χ0) is 23.4. The molecule has 3 aromatic rings. The van der Waals surface area contributed by atoms with E-state index in [0.29, 0.717) is 29.6 Å². The summed E-state index contributed by atoms with van der Waals surface area (Å²) in [6.07, 6.45) is 3.02. The molecular formula is C25H29N5O3. The number of fused-ring (bicyclic) bond motifs is 1. The third-order valence-corrected chi connectivity index (χ3v) is 5.26. The molecule has 2 heterocycles. The van der Waals surface area contributed by atoms with Gasteiger partial charge >= 0.3 is 0 Å². The summed E-state index contributed by atoms with van der Waals surface area (Å²) in [5.41, 5.74) is 5.50. The van der Waals surface area contributed by atoms with Crippen LogP contribution in [0.2, 0.25) is 0 Å². The molecule has 1 aliphatic rings. The number of amides is 1. The smallest absolute Gasteiger partial charge is 0.258 e. The first kappa shape index (κ1) is 22.4. The number of ether oxygens (including phenoxy) is 2. The molecule has 2 aromatic carbocycles. The predicted octanol–water partition coefficient (Wildman–Crippen LogP) is 4.35. The highest BCUT2D eigenvalue weighted by atomic mass is 16.7. The van der Waals surface area contributed by atoms with Crippen LogP contribution in [0.5, 0.6) is 11.5 Å². The summed E-state index contributed by atoms with van der Waals surface area (Å²) in [5.74, 6) is 1.27. The zero-order valence-corrected chi connectivity index (χ0v) is 19.4. The van der Waals surface area contributed by atoms with Crippen molar-refractivity contribution in [2.75, 3.05) is 12.1 Å². The van der Waals surface area contributed by atoms with E-state index in [1.807, 2.05) is 43.8 Å². The Morgan fingerprint density at radius 1 is 1.09 bits per heavy atom. The van der Waals surface area contributed by atoms with Crippen LogP contribution in [0.25, 0.3) is 0 Å². The summed E-state index contributed by atoms with van der Waals surface area (Å²) < 4.78 is 12.7. The summed E-state index contributed by atoms with van der Waals surface area (Å²) in [7, 11) is 0. The number of anilines is 1. The number of nitrogens with zero attached hydrogens (tertiary/aromatic N) is 3. The summed E-state index contributed by atoms with van der Waals surface area (Å²) in [4.78, 5) is 17.7. The van der Waals surface area contributed by atoms with Crippen LogP contribution in [0, 0.1) is 20.8 Å². The molecule has 4 rings (SSSR count). The number of benzene rings is 2. The number of nitrogens with one attached hydrogen (secondary N) is 2. The van der Waals surface area contributed by atoms with E-state index in [-0.39, 0.29) is 12.7 Å². The van der Waals surface area contributed by atoms with Crippen molar-refractivity contribution in [2.24, 2.45) is 4.99 Å². The van der Waals surface area contributed by atoms with E-state index in [0.717, 1.165) is 41.0 Å². The fraction of sp³-hybridized carbons (Fsp3) is 0.320. The maximum Gasteiger partial charge on any atom is 0.258 e. The second-order valence-corrected chi connectivity index (χ2v) is 8.19. The average Bonchev–Trinajstić information content (AvgIpc) is 3.37. The maximum absolute atomic E-state index is 13.0. The summed E-state index contributed by atoms with van der Waals surface area (Å²) >= 11 is 0. The van der Waals surface area contributed by atoms with Crippen molar-refractivity contribution in [3.8, 4) is 11.5 Å². The summed E-state index contributed by atoms with van der Waals surface area (Å²) in [6, 6.07) is 11.2. The lowest BCUT2D eigenvalue weighted by atomic mass is 10.1. The van der Waals surface area contributed by atoms with Crippen LogP contribution in [0.3, 0.4) is 0 Å². The molecule has 0 spiro atoms. The van der Waals surface area contributed by atoms with Gasteiger partial charge in [0, 0.05) is 29.6 Å². The predicted molar refractivity (Wildman–Crippen MR) is 128 cm³/mol. The number of rotatable bonds is 6. The molecule has 0 saturated carbocycles. The highest BCUT2D eigenvalue weighted by Gasteiger charge is 2.17.